The van der Waals surface area contributed by atoms with Crippen LogP contribution in [0, 0.1) is 198 Å². The van der Waals surface area contributed by atoms with Crippen LogP contribution in [0.5, 0.6) is 92.0 Å². The highest BCUT2D eigenvalue weighted by molar-refractivity contribution is 5.74. The van der Waals surface area contributed by atoms with Crippen molar-refractivity contribution in [3.63, 3.8) is 0 Å². The molecule has 0 aliphatic heterocycles. The second kappa shape index (κ2) is 32.2. The molecular formula is C80H22F32O8. The molecule has 0 fully saturated rings. The summed E-state index contributed by atoms with van der Waals surface area (Å²) in [6, 6.07) is 15.0. The van der Waals surface area contributed by atoms with E-state index in [0.717, 1.165) is 48.5 Å². The van der Waals surface area contributed by atoms with Gasteiger partial charge in [0.25, 0.3) is 0 Å². The van der Waals surface area contributed by atoms with Gasteiger partial charge in [-0.3, -0.25) is 0 Å². The Kier molecular flexibility index (Phi) is 22.4. The monoisotopic (exact) mass is 1720 g/mol. The molecule has 13 rings (SSSR count). The average Bonchev–Trinajstić information content (AvgIpc) is 0.753. The summed E-state index contributed by atoms with van der Waals surface area (Å²) in [6.07, 6.45) is 5.23. The van der Waals surface area contributed by atoms with Crippen LogP contribution in [-0.4, -0.2) is 0 Å². The Balaban J connectivity index is 0.693. The van der Waals surface area contributed by atoms with Gasteiger partial charge in [-0.2, -0.15) is 61.5 Å². The predicted octanol–water partition coefficient (Wildman–Crippen LogP) is 27.1. The maximum atomic E-state index is 15.9. The van der Waals surface area contributed by atoms with E-state index >= 15 is 123 Å². The Morgan fingerprint density at radius 1 is 0.158 bits per heavy atom. The number of terminal acetylenes is 1. The van der Waals surface area contributed by atoms with Crippen molar-refractivity contribution in [2.45, 2.75) is 0 Å². The Hall–Kier alpha value is -14.4. The molecule has 0 atom stereocenters. The lowest BCUT2D eigenvalue weighted by Gasteiger charge is -2.17. The average molecular weight is 1720 g/mol. The lowest BCUT2D eigenvalue weighted by molar-refractivity contribution is 0.354. The zero-order chi connectivity index (χ0) is 87.1. The summed E-state index contributed by atoms with van der Waals surface area (Å²) in [5.74, 6) is -107. The number of benzene rings is 13. The standard InChI is InChI=1S/C80H22F32O8/c1-2-24-8-3-9-25(18-24)114-74-62(101)48(87)38(49(88)63(74)102)39-54(93)68(107)78(69(108)55(39)94)119-32-16-7-17-33(22-32)120-80-72(111)58(97)43(59(98)73(80)112)41-52(91)66(105)77(67(106)53(41)92)116-29-13-5-11-27(20-29)113-26-10-4-12-28(19-26)115-76-64(103)50(89)40(51(90)65(76)104)42-56(95)70(109)79(71(110)57(42)96)118-31-15-6-14-30(21-31)117-75-60(99)46(85)37(47(86)61(75)100)36-44(83)34(81)23-35(82)45(36)84/h1,3-23H. The highest BCUT2D eigenvalue weighted by Crippen LogP contribution is 2.51. The number of hydrogen-bond donors (Lipinski definition) is 0. The summed E-state index contributed by atoms with van der Waals surface area (Å²) < 4.78 is 533. The molecule has 0 saturated heterocycles. The summed E-state index contributed by atoms with van der Waals surface area (Å²) in [5.41, 5.74) is -19.4. The molecule has 40 heteroatoms. The summed E-state index contributed by atoms with van der Waals surface area (Å²) >= 11 is 0. The normalized spacial score (nSPS) is 11.3. The maximum absolute atomic E-state index is 15.9. The van der Waals surface area contributed by atoms with Crippen molar-refractivity contribution in [3.05, 3.63) is 319 Å². The summed E-state index contributed by atoms with van der Waals surface area (Å²) in [4.78, 5) is 0. The molecule has 614 valence electrons. The first-order chi connectivity index (χ1) is 56.8. The molecule has 0 amide bonds. The van der Waals surface area contributed by atoms with E-state index in [1.807, 2.05) is 0 Å². The third-order valence-corrected chi connectivity index (χ3v) is 16.7. The van der Waals surface area contributed by atoms with Gasteiger partial charge in [0.05, 0.1) is 44.5 Å². The van der Waals surface area contributed by atoms with E-state index in [0.29, 0.717) is 60.7 Å². The first kappa shape index (κ1) is 83.5. The van der Waals surface area contributed by atoms with Crippen molar-refractivity contribution in [1.82, 2.24) is 0 Å². The second-order valence-corrected chi connectivity index (χ2v) is 24.0. The summed E-state index contributed by atoms with van der Waals surface area (Å²) in [5, 5.41) is 0. The molecular weight excluding hydrogens is 1700 g/mol. The molecule has 0 heterocycles. The van der Waals surface area contributed by atoms with Crippen LogP contribution in [0.2, 0.25) is 0 Å². The molecule has 0 unspecified atom stereocenters. The van der Waals surface area contributed by atoms with E-state index < -0.39 is 329 Å². The number of halogens is 32. The minimum Gasteiger partial charge on any atom is -0.457 e. The van der Waals surface area contributed by atoms with Gasteiger partial charge in [0, 0.05) is 35.9 Å². The quantitative estimate of drug-likeness (QED) is 0.0425. The Morgan fingerprint density at radius 3 is 0.467 bits per heavy atom. The predicted molar refractivity (Wildman–Crippen MR) is 347 cm³/mol. The molecule has 120 heavy (non-hydrogen) atoms. The van der Waals surface area contributed by atoms with E-state index in [-0.39, 0.29) is 5.56 Å². The molecule has 13 aromatic carbocycles. The van der Waals surface area contributed by atoms with E-state index in [9.17, 15) is 17.6 Å². The van der Waals surface area contributed by atoms with Crippen LogP contribution < -0.4 is 37.9 Å². The Labute approximate surface area is 644 Å². The Bertz CT molecular complexity index is 6330. The lowest BCUT2D eigenvalue weighted by atomic mass is 10.0. The summed E-state index contributed by atoms with van der Waals surface area (Å²) in [6.45, 7) is 0. The minimum atomic E-state index is -2.88. The van der Waals surface area contributed by atoms with Crippen LogP contribution in [0.4, 0.5) is 140 Å². The second-order valence-electron chi connectivity index (χ2n) is 24.0. The number of hydrogen-bond acceptors (Lipinski definition) is 8. The van der Waals surface area contributed by atoms with Gasteiger partial charge in [0.15, 0.2) is 105 Å². The Morgan fingerprint density at radius 2 is 0.300 bits per heavy atom. The fourth-order valence-electron chi connectivity index (χ4n) is 11.3. The highest BCUT2D eigenvalue weighted by atomic mass is 19.2. The van der Waals surface area contributed by atoms with Crippen molar-refractivity contribution in [3.8, 4) is 149 Å². The highest BCUT2D eigenvalue weighted by Gasteiger charge is 2.42. The van der Waals surface area contributed by atoms with Crippen LogP contribution in [-0.2, 0) is 0 Å². The topological polar surface area (TPSA) is 73.8 Å². The molecule has 0 bridgehead atoms. The molecule has 0 spiro atoms. The van der Waals surface area contributed by atoms with E-state index in [2.05, 4.69) is 5.92 Å². The molecule has 0 radical (unpaired) electrons. The van der Waals surface area contributed by atoms with Crippen LogP contribution >= 0.6 is 0 Å². The minimum absolute atomic E-state index is 0.0227. The van der Waals surface area contributed by atoms with Gasteiger partial charge < -0.3 is 37.9 Å². The van der Waals surface area contributed by atoms with Crippen LogP contribution in [0.3, 0.4) is 0 Å². The third kappa shape index (κ3) is 14.6. The smallest absolute Gasteiger partial charge is 0.205 e. The van der Waals surface area contributed by atoms with Gasteiger partial charge >= 0.3 is 0 Å². The fourth-order valence-corrected chi connectivity index (χ4v) is 11.3. The first-order valence-electron chi connectivity index (χ1n) is 32.0. The van der Waals surface area contributed by atoms with Gasteiger partial charge in [0.2, 0.25) is 122 Å². The molecule has 0 saturated carbocycles. The largest absolute Gasteiger partial charge is 0.457 e. The van der Waals surface area contributed by atoms with Gasteiger partial charge in [-0.05, 0) is 66.7 Å². The molecule has 0 aliphatic rings. The van der Waals surface area contributed by atoms with Crippen molar-refractivity contribution >= 4 is 0 Å². The van der Waals surface area contributed by atoms with Crippen molar-refractivity contribution < 1.29 is 178 Å². The van der Waals surface area contributed by atoms with Gasteiger partial charge in [-0.1, -0.05) is 36.3 Å². The molecule has 13 aromatic rings. The maximum Gasteiger partial charge on any atom is 0.205 e. The zero-order valence-electron chi connectivity index (χ0n) is 57.1. The van der Waals surface area contributed by atoms with Crippen LogP contribution in [0.1, 0.15) is 5.56 Å². The molecule has 0 aliphatic carbocycles. The third-order valence-electron chi connectivity index (χ3n) is 16.7. The van der Waals surface area contributed by atoms with E-state index in [4.69, 9.17) is 44.3 Å². The van der Waals surface area contributed by atoms with Crippen molar-refractivity contribution in [1.29, 1.82) is 0 Å². The zero-order valence-corrected chi connectivity index (χ0v) is 57.1. The molecule has 8 nitrogen and oxygen atoms in total. The molecule has 0 N–H and O–H groups in total. The van der Waals surface area contributed by atoms with Gasteiger partial charge in [-0.25, -0.2) is 79.0 Å². The van der Waals surface area contributed by atoms with Crippen molar-refractivity contribution in [2.24, 2.45) is 0 Å². The van der Waals surface area contributed by atoms with E-state index in [1.54, 1.807) is 0 Å². The SMILES string of the molecule is C#Cc1cccc(Oc2c(F)c(F)c(-c3c(F)c(F)c(Oc4cccc(Oc5c(F)c(F)c(-c6c(F)c(F)c(Oc7cccc(Oc8cccc(Oc9c(F)c(F)c(-c%10c(F)c(F)c(Oc%11cccc(Oc%12c(F)c(F)c(-c%13c(F)c(F)cc(F)c%13F)c(F)c%12F)c%11)c(F)c%10F)c(F)c9F)c8)c7)c(F)c6F)c(F)c5F)c4)c(F)c3F)c(F)c2F)c1. The molecule has 0 aromatic heterocycles. The van der Waals surface area contributed by atoms with Gasteiger partial charge in [-0.15, -0.1) is 6.42 Å². The lowest BCUT2D eigenvalue weighted by Crippen LogP contribution is -2.09. The number of rotatable bonds is 20. The van der Waals surface area contributed by atoms with Crippen LogP contribution in [0.25, 0.3) is 44.5 Å². The fraction of sp³-hybridized carbons (Fsp3) is 0. The van der Waals surface area contributed by atoms with Crippen molar-refractivity contribution in [2.75, 3.05) is 0 Å². The van der Waals surface area contributed by atoms with Crippen LogP contribution in [0.15, 0.2) is 127 Å². The van der Waals surface area contributed by atoms with Gasteiger partial charge in [0.1, 0.15) is 51.7 Å². The van der Waals surface area contributed by atoms with E-state index in [1.165, 1.54) is 12.1 Å². The summed E-state index contributed by atoms with van der Waals surface area (Å²) in [7, 11) is 0. The number of ether oxygens (including phenoxy) is 8. The first-order valence-corrected chi connectivity index (χ1v) is 32.0.